The Morgan fingerprint density at radius 2 is 2.24 bits per heavy atom. The summed E-state index contributed by atoms with van der Waals surface area (Å²) in [5, 5.41) is 11.0. The van der Waals surface area contributed by atoms with E-state index >= 15 is 0 Å². The Morgan fingerprint density at radius 1 is 1.52 bits per heavy atom. The summed E-state index contributed by atoms with van der Waals surface area (Å²) in [6, 6.07) is 4.53. The molecule has 0 unspecified atom stereocenters. The van der Waals surface area contributed by atoms with Crippen molar-refractivity contribution in [3.8, 4) is 5.75 Å². The molecule has 6 nitrogen and oxygen atoms in total. The Morgan fingerprint density at radius 3 is 2.71 bits per heavy atom. The van der Waals surface area contributed by atoms with Gasteiger partial charge in [-0.25, -0.2) is 0 Å². The fraction of sp³-hybridized carbons (Fsp3) is 0.500. The molecule has 1 amide bonds. The molecule has 1 fully saturated rings. The van der Waals surface area contributed by atoms with Crippen molar-refractivity contribution >= 4 is 23.2 Å². The van der Waals surface area contributed by atoms with E-state index in [0.29, 0.717) is 12.4 Å². The second kappa shape index (κ2) is 6.76. The highest BCUT2D eigenvalue weighted by Gasteiger charge is 2.32. The van der Waals surface area contributed by atoms with Gasteiger partial charge in [-0.05, 0) is 25.3 Å². The van der Waals surface area contributed by atoms with Crippen molar-refractivity contribution in [1.29, 1.82) is 0 Å². The van der Waals surface area contributed by atoms with E-state index in [1.54, 1.807) is 11.0 Å². The summed E-state index contributed by atoms with van der Waals surface area (Å²) in [6.45, 7) is 0.427. The summed E-state index contributed by atoms with van der Waals surface area (Å²) in [5.41, 5.74) is 0.00602. The molecule has 0 radical (unpaired) electrons. The molecule has 2 rings (SSSR count). The van der Waals surface area contributed by atoms with Gasteiger partial charge >= 0.3 is 5.69 Å². The molecule has 114 valence electrons. The van der Waals surface area contributed by atoms with Crippen LogP contribution in [0.5, 0.6) is 5.75 Å². The average Bonchev–Trinajstić information content (AvgIpc) is 2.43. The fourth-order valence-electron chi connectivity index (χ4n) is 2.45. The van der Waals surface area contributed by atoms with Crippen LogP contribution >= 0.6 is 11.6 Å². The fourth-order valence-corrected chi connectivity index (χ4v) is 2.63. The molecular weight excluding hydrogens is 296 g/mol. The van der Waals surface area contributed by atoms with Gasteiger partial charge in [-0.3, -0.25) is 14.9 Å². The third-order valence-corrected chi connectivity index (χ3v) is 3.90. The van der Waals surface area contributed by atoms with E-state index in [1.807, 2.05) is 0 Å². The summed E-state index contributed by atoms with van der Waals surface area (Å²) in [5.74, 6) is 0.0757. The lowest BCUT2D eigenvalue weighted by Crippen LogP contribution is -2.45. The maximum Gasteiger partial charge on any atom is 0.311 e. The lowest BCUT2D eigenvalue weighted by molar-refractivity contribution is -0.385. The van der Waals surface area contributed by atoms with Gasteiger partial charge in [0, 0.05) is 24.5 Å². The standard InChI is InChI=1S/C14H17ClN2O4/c1-21-13-11(6-3-7-12(13)17(19)20)14(18)16(9-8-15)10-4-2-5-10/h3,6-7,10H,2,4-5,8-9H2,1H3. The molecule has 1 aromatic carbocycles. The van der Waals surface area contributed by atoms with Crippen molar-refractivity contribution in [2.75, 3.05) is 19.5 Å². The van der Waals surface area contributed by atoms with E-state index < -0.39 is 4.92 Å². The number of rotatable bonds is 6. The third kappa shape index (κ3) is 3.10. The van der Waals surface area contributed by atoms with Gasteiger partial charge in [0.15, 0.2) is 0 Å². The second-order valence-corrected chi connectivity index (χ2v) is 5.27. The molecule has 1 saturated carbocycles. The molecule has 0 atom stereocenters. The van der Waals surface area contributed by atoms with Gasteiger partial charge < -0.3 is 9.64 Å². The van der Waals surface area contributed by atoms with Gasteiger partial charge in [-0.1, -0.05) is 6.07 Å². The Kier molecular flexibility index (Phi) is 5.01. The number of amides is 1. The van der Waals surface area contributed by atoms with E-state index in [-0.39, 0.29) is 28.9 Å². The summed E-state index contributed by atoms with van der Waals surface area (Å²) in [6.07, 6.45) is 2.97. The highest BCUT2D eigenvalue weighted by molar-refractivity contribution is 6.18. The molecule has 0 spiro atoms. The Bertz CT molecular complexity index is 546. The molecule has 0 aliphatic heterocycles. The molecule has 0 bridgehead atoms. The van der Waals surface area contributed by atoms with Crippen LogP contribution in [0.3, 0.4) is 0 Å². The minimum atomic E-state index is -0.551. The first-order valence-corrected chi connectivity index (χ1v) is 7.32. The molecule has 1 aromatic rings. The minimum Gasteiger partial charge on any atom is -0.490 e. The number of carbonyl (C=O) groups is 1. The normalized spacial score (nSPS) is 14.4. The SMILES string of the molecule is COc1c(C(=O)N(CCCl)C2CCC2)cccc1[N+](=O)[O-]. The first-order chi connectivity index (χ1) is 10.1. The van der Waals surface area contributed by atoms with E-state index in [9.17, 15) is 14.9 Å². The summed E-state index contributed by atoms with van der Waals surface area (Å²) in [7, 11) is 1.33. The van der Waals surface area contributed by atoms with Crippen molar-refractivity contribution in [2.24, 2.45) is 0 Å². The van der Waals surface area contributed by atoms with Crippen molar-refractivity contribution in [3.63, 3.8) is 0 Å². The number of hydrogen-bond donors (Lipinski definition) is 0. The van der Waals surface area contributed by atoms with E-state index in [1.165, 1.54) is 19.2 Å². The number of methoxy groups -OCH3 is 1. The van der Waals surface area contributed by atoms with Crippen LogP contribution in [0.25, 0.3) is 0 Å². The van der Waals surface area contributed by atoms with Crippen LogP contribution in [0.4, 0.5) is 5.69 Å². The zero-order valence-electron chi connectivity index (χ0n) is 11.8. The number of benzene rings is 1. The molecule has 0 heterocycles. The highest BCUT2D eigenvalue weighted by atomic mass is 35.5. The first kappa shape index (κ1) is 15.6. The quantitative estimate of drug-likeness (QED) is 0.460. The number of alkyl halides is 1. The van der Waals surface area contributed by atoms with Crippen molar-refractivity contribution in [3.05, 3.63) is 33.9 Å². The maximum atomic E-state index is 12.7. The van der Waals surface area contributed by atoms with Gasteiger partial charge in [0.2, 0.25) is 5.75 Å². The van der Waals surface area contributed by atoms with E-state index in [0.717, 1.165) is 19.3 Å². The number of nitro benzene ring substituents is 1. The number of nitrogens with zero attached hydrogens (tertiary/aromatic N) is 2. The lowest BCUT2D eigenvalue weighted by Gasteiger charge is -2.37. The zero-order valence-corrected chi connectivity index (χ0v) is 12.5. The highest BCUT2D eigenvalue weighted by Crippen LogP contribution is 2.33. The largest absolute Gasteiger partial charge is 0.490 e. The van der Waals surface area contributed by atoms with Crippen LogP contribution < -0.4 is 4.74 Å². The predicted octanol–water partition coefficient (Wildman–Crippen LogP) is 2.84. The number of nitro groups is 1. The zero-order chi connectivity index (χ0) is 15.4. The summed E-state index contributed by atoms with van der Waals surface area (Å²) in [4.78, 5) is 24.9. The van der Waals surface area contributed by atoms with E-state index in [2.05, 4.69) is 0 Å². The smallest absolute Gasteiger partial charge is 0.311 e. The topological polar surface area (TPSA) is 72.7 Å². The predicted molar refractivity (Wildman–Crippen MR) is 79.0 cm³/mol. The van der Waals surface area contributed by atoms with Gasteiger partial charge in [0.05, 0.1) is 17.6 Å². The lowest BCUT2D eigenvalue weighted by atomic mass is 9.91. The van der Waals surface area contributed by atoms with Crippen molar-refractivity contribution < 1.29 is 14.5 Å². The summed E-state index contributed by atoms with van der Waals surface area (Å²) < 4.78 is 5.10. The molecule has 7 heteroatoms. The van der Waals surface area contributed by atoms with Crippen molar-refractivity contribution in [1.82, 2.24) is 4.90 Å². The summed E-state index contributed by atoms with van der Waals surface area (Å²) >= 11 is 5.77. The number of carbonyl (C=O) groups excluding carboxylic acids is 1. The molecule has 0 N–H and O–H groups in total. The van der Waals surface area contributed by atoms with Crippen LogP contribution in [0, 0.1) is 10.1 Å². The van der Waals surface area contributed by atoms with Crippen molar-refractivity contribution in [2.45, 2.75) is 25.3 Å². The van der Waals surface area contributed by atoms with E-state index in [4.69, 9.17) is 16.3 Å². The molecule has 1 aliphatic carbocycles. The maximum absolute atomic E-state index is 12.7. The number of halogens is 1. The molecule has 1 aliphatic rings. The minimum absolute atomic E-state index is 0.00592. The van der Waals surface area contributed by atoms with Crippen LogP contribution in [-0.2, 0) is 0 Å². The Labute approximate surface area is 127 Å². The van der Waals surface area contributed by atoms with Gasteiger partial charge in [-0.2, -0.15) is 0 Å². The second-order valence-electron chi connectivity index (χ2n) is 4.89. The van der Waals surface area contributed by atoms with Gasteiger partial charge in [0.25, 0.3) is 5.91 Å². The van der Waals surface area contributed by atoms with Crippen LogP contribution in [-0.4, -0.2) is 41.3 Å². The average molecular weight is 313 g/mol. The van der Waals surface area contributed by atoms with Gasteiger partial charge in [0.1, 0.15) is 0 Å². The van der Waals surface area contributed by atoms with Crippen LogP contribution in [0.15, 0.2) is 18.2 Å². The first-order valence-electron chi connectivity index (χ1n) is 6.78. The molecule has 0 saturated heterocycles. The van der Waals surface area contributed by atoms with Gasteiger partial charge in [-0.15, -0.1) is 11.6 Å². The molecular formula is C14H17ClN2O4. The van der Waals surface area contributed by atoms with Crippen LogP contribution in [0.2, 0.25) is 0 Å². The monoisotopic (exact) mass is 312 g/mol. The Hall–Kier alpha value is -1.82. The number of para-hydroxylation sites is 1. The number of ether oxygens (including phenoxy) is 1. The molecule has 0 aromatic heterocycles. The third-order valence-electron chi connectivity index (χ3n) is 3.73. The Balaban J connectivity index is 2.36. The van der Waals surface area contributed by atoms with Crippen LogP contribution in [0.1, 0.15) is 29.6 Å². The molecule has 21 heavy (non-hydrogen) atoms. The number of hydrogen-bond acceptors (Lipinski definition) is 4.